The molecule has 82 valence electrons. The van der Waals surface area contributed by atoms with Crippen LogP contribution in [0.5, 0.6) is 0 Å². The molecule has 0 spiro atoms. The Hall–Kier alpha value is -1.82. The van der Waals surface area contributed by atoms with Crippen molar-refractivity contribution < 1.29 is 0 Å². The number of hydrogen-bond acceptors (Lipinski definition) is 2. The van der Waals surface area contributed by atoms with Gasteiger partial charge in [-0.1, -0.05) is 19.1 Å². The topological polar surface area (TPSA) is 41.6 Å². The molecule has 0 aliphatic rings. The Labute approximate surface area is 95.3 Å². The fourth-order valence-corrected chi connectivity index (χ4v) is 1.91. The van der Waals surface area contributed by atoms with Crippen molar-refractivity contribution in [1.29, 1.82) is 5.26 Å². The highest BCUT2D eigenvalue weighted by Gasteiger charge is 2.10. The van der Waals surface area contributed by atoms with Crippen LogP contribution in [0.25, 0.3) is 11.0 Å². The van der Waals surface area contributed by atoms with E-state index in [1.807, 2.05) is 25.1 Å². The molecule has 0 fully saturated rings. The van der Waals surface area contributed by atoms with Gasteiger partial charge in [0.2, 0.25) is 0 Å². The third-order valence-corrected chi connectivity index (χ3v) is 2.73. The molecule has 1 heterocycles. The number of benzene rings is 1. The molecule has 1 aromatic heterocycles. The van der Waals surface area contributed by atoms with Gasteiger partial charge in [0, 0.05) is 13.0 Å². The minimum absolute atomic E-state index is 0.0166. The third kappa shape index (κ3) is 1.79. The fraction of sp³-hybridized carbons (Fsp3) is 0.385. The van der Waals surface area contributed by atoms with Crippen molar-refractivity contribution in [3.8, 4) is 6.07 Å². The molecular weight excluding hydrogens is 198 g/mol. The van der Waals surface area contributed by atoms with E-state index in [1.54, 1.807) is 0 Å². The van der Waals surface area contributed by atoms with Gasteiger partial charge in [-0.3, -0.25) is 0 Å². The third-order valence-electron chi connectivity index (χ3n) is 2.73. The van der Waals surface area contributed by atoms with Crippen LogP contribution in [-0.4, -0.2) is 9.55 Å². The first-order valence-corrected chi connectivity index (χ1v) is 5.60. The summed E-state index contributed by atoms with van der Waals surface area (Å²) in [4.78, 5) is 4.57. The second kappa shape index (κ2) is 4.36. The molecule has 0 N–H and O–H groups in total. The van der Waals surface area contributed by atoms with Crippen LogP contribution in [0.1, 0.15) is 19.7 Å². The maximum Gasteiger partial charge on any atom is 0.109 e. The van der Waals surface area contributed by atoms with Crippen LogP contribution < -0.4 is 0 Å². The van der Waals surface area contributed by atoms with Gasteiger partial charge in [0.1, 0.15) is 5.82 Å². The number of fused-ring (bicyclic) bond motifs is 1. The Morgan fingerprint density at radius 3 is 2.88 bits per heavy atom. The van der Waals surface area contributed by atoms with Crippen molar-refractivity contribution in [3.05, 3.63) is 30.1 Å². The van der Waals surface area contributed by atoms with Crippen molar-refractivity contribution in [2.75, 3.05) is 0 Å². The number of aryl methyl sites for hydroxylation is 1. The fourth-order valence-electron chi connectivity index (χ4n) is 1.91. The van der Waals surface area contributed by atoms with Crippen molar-refractivity contribution in [1.82, 2.24) is 9.55 Å². The zero-order valence-corrected chi connectivity index (χ0v) is 9.64. The maximum atomic E-state index is 8.89. The van der Waals surface area contributed by atoms with Crippen molar-refractivity contribution in [3.63, 3.8) is 0 Å². The quantitative estimate of drug-likeness (QED) is 0.786. The lowest BCUT2D eigenvalue weighted by Gasteiger charge is -2.08. The van der Waals surface area contributed by atoms with E-state index in [9.17, 15) is 0 Å². The van der Waals surface area contributed by atoms with E-state index in [0.717, 1.165) is 29.8 Å². The summed E-state index contributed by atoms with van der Waals surface area (Å²) >= 11 is 0. The number of aromatic nitrogens is 2. The normalized spacial score (nSPS) is 12.6. The molecule has 0 amide bonds. The Balaban J connectivity index is 2.52. The minimum Gasteiger partial charge on any atom is -0.327 e. The van der Waals surface area contributed by atoms with Crippen LogP contribution in [0, 0.1) is 17.2 Å². The van der Waals surface area contributed by atoms with Gasteiger partial charge in [-0.2, -0.15) is 5.26 Å². The average molecular weight is 213 g/mol. The Bertz CT molecular complexity index is 534. The van der Waals surface area contributed by atoms with E-state index < -0.39 is 0 Å². The molecule has 2 rings (SSSR count). The summed E-state index contributed by atoms with van der Waals surface area (Å²) in [7, 11) is 0. The Kier molecular flexibility index (Phi) is 2.91. The van der Waals surface area contributed by atoms with E-state index in [0.29, 0.717) is 0 Å². The van der Waals surface area contributed by atoms with Gasteiger partial charge < -0.3 is 4.57 Å². The maximum absolute atomic E-state index is 8.89. The lowest BCUT2D eigenvalue weighted by atomic mass is 10.2. The molecule has 0 aliphatic heterocycles. The molecule has 0 aliphatic carbocycles. The van der Waals surface area contributed by atoms with Gasteiger partial charge in [-0.15, -0.1) is 0 Å². The van der Waals surface area contributed by atoms with Gasteiger partial charge in [0.25, 0.3) is 0 Å². The monoisotopic (exact) mass is 213 g/mol. The number of para-hydroxylation sites is 2. The standard InChI is InChI=1S/C13H15N3/c1-3-13-15-11-6-4-5-7-12(11)16(13)9-10(2)8-14/h4-7,10H,3,9H2,1-2H3/t10-/m0/s1. The van der Waals surface area contributed by atoms with Crippen LogP contribution in [0.3, 0.4) is 0 Å². The summed E-state index contributed by atoms with van der Waals surface area (Å²) in [5.74, 6) is 1.08. The molecule has 0 saturated heterocycles. The van der Waals surface area contributed by atoms with E-state index in [4.69, 9.17) is 5.26 Å². The number of nitriles is 1. The van der Waals surface area contributed by atoms with Crippen LogP contribution in [0.2, 0.25) is 0 Å². The second-order valence-electron chi connectivity index (χ2n) is 4.01. The highest BCUT2D eigenvalue weighted by atomic mass is 15.1. The number of imidazole rings is 1. The summed E-state index contributed by atoms with van der Waals surface area (Å²) in [6.45, 7) is 4.75. The van der Waals surface area contributed by atoms with Gasteiger partial charge in [-0.25, -0.2) is 4.98 Å². The second-order valence-corrected chi connectivity index (χ2v) is 4.01. The van der Waals surface area contributed by atoms with Crippen LogP contribution in [-0.2, 0) is 13.0 Å². The van der Waals surface area contributed by atoms with Gasteiger partial charge in [-0.05, 0) is 19.1 Å². The lowest BCUT2D eigenvalue weighted by Crippen LogP contribution is -2.08. The lowest BCUT2D eigenvalue weighted by molar-refractivity contribution is 0.572. The summed E-state index contributed by atoms with van der Waals surface area (Å²) < 4.78 is 2.16. The summed E-state index contributed by atoms with van der Waals surface area (Å²) in [6, 6.07) is 10.4. The molecule has 2 aromatic rings. The molecule has 0 unspecified atom stereocenters. The molecule has 0 saturated carbocycles. The Morgan fingerprint density at radius 1 is 1.44 bits per heavy atom. The van der Waals surface area contributed by atoms with E-state index in [2.05, 4.69) is 28.6 Å². The van der Waals surface area contributed by atoms with Crippen LogP contribution in [0.4, 0.5) is 0 Å². The molecule has 16 heavy (non-hydrogen) atoms. The number of rotatable bonds is 3. The van der Waals surface area contributed by atoms with E-state index in [-0.39, 0.29) is 5.92 Å². The number of nitrogens with zero attached hydrogens (tertiary/aromatic N) is 3. The summed E-state index contributed by atoms with van der Waals surface area (Å²) in [6.07, 6.45) is 0.896. The Morgan fingerprint density at radius 2 is 2.19 bits per heavy atom. The van der Waals surface area contributed by atoms with Gasteiger partial charge >= 0.3 is 0 Å². The first-order valence-electron chi connectivity index (χ1n) is 5.60. The van der Waals surface area contributed by atoms with E-state index in [1.165, 1.54) is 0 Å². The van der Waals surface area contributed by atoms with Crippen LogP contribution >= 0.6 is 0 Å². The highest BCUT2D eigenvalue weighted by molar-refractivity contribution is 5.75. The molecule has 0 radical (unpaired) electrons. The summed E-state index contributed by atoms with van der Waals surface area (Å²) in [5, 5.41) is 8.89. The number of hydrogen-bond donors (Lipinski definition) is 0. The van der Waals surface area contributed by atoms with Crippen LogP contribution in [0.15, 0.2) is 24.3 Å². The average Bonchev–Trinajstić information content (AvgIpc) is 2.67. The smallest absolute Gasteiger partial charge is 0.109 e. The molecule has 1 atom stereocenters. The predicted octanol–water partition coefficient (Wildman–Crippen LogP) is 2.76. The van der Waals surface area contributed by atoms with Crippen molar-refractivity contribution >= 4 is 11.0 Å². The highest BCUT2D eigenvalue weighted by Crippen LogP contribution is 2.17. The summed E-state index contributed by atoms with van der Waals surface area (Å²) in [5.41, 5.74) is 2.14. The van der Waals surface area contributed by atoms with E-state index >= 15 is 0 Å². The zero-order valence-electron chi connectivity index (χ0n) is 9.64. The van der Waals surface area contributed by atoms with Gasteiger partial charge in [0.15, 0.2) is 0 Å². The SMILES string of the molecule is CCc1nc2ccccc2n1C[C@@H](C)C#N. The molecule has 3 heteroatoms. The first kappa shape index (κ1) is 10.7. The predicted molar refractivity (Wildman–Crippen MR) is 63.9 cm³/mol. The van der Waals surface area contributed by atoms with Crippen molar-refractivity contribution in [2.24, 2.45) is 5.92 Å². The molecule has 3 nitrogen and oxygen atoms in total. The first-order chi connectivity index (χ1) is 7.76. The largest absolute Gasteiger partial charge is 0.327 e. The molecule has 0 bridgehead atoms. The molecular formula is C13H15N3. The zero-order chi connectivity index (χ0) is 11.5. The minimum atomic E-state index is 0.0166. The van der Waals surface area contributed by atoms with Crippen molar-refractivity contribution in [2.45, 2.75) is 26.8 Å². The molecule has 1 aromatic carbocycles. The van der Waals surface area contributed by atoms with Gasteiger partial charge in [0.05, 0.1) is 23.0 Å².